The standard InChI is InChI=1S/C16H24N2/c1-2-18-8-7-13(12-18)10-17-11-15-9-14-5-3-4-6-16(14)15/h3-6,13,15,17H,2,7-12H2,1H3. The van der Waals surface area contributed by atoms with Crippen LogP contribution >= 0.6 is 0 Å². The summed E-state index contributed by atoms with van der Waals surface area (Å²) in [6.07, 6.45) is 2.65. The molecule has 0 radical (unpaired) electrons. The van der Waals surface area contributed by atoms with Crippen molar-refractivity contribution in [1.29, 1.82) is 0 Å². The van der Waals surface area contributed by atoms with Crippen LogP contribution in [0.2, 0.25) is 0 Å². The maximum Gasteiger partial charge on any atom is 0.00235 e. The average Bonchev–Trinajstić information content (AvgIpc) is 2.83. The monoisotopic (exact) mass is 244 g/mol. The zero-order chi connectivity index (χ0) is 12.4. The van der Waals surface area contributed by atoms with Gasteiger partial charge in [0.1, 0.15) is 0 Å². The Morgan fingerprint density at radius 2 is 2.17 bits per heavy atom. The van der Waals surface area contributed by atoms with Crippen molar-refractivity contribution in [3.8, 4) is 0 Å². The number of fused-ring (bicyclic) bond motifs is 1. The molecule has 2 aliphatic rings. The van der Waals surface area contributed by atoms with E-state index in [2.05, 4.69) is 41.4 Å². The maximum absolute atomic E-state index is 3.69. The third-order valence-corrected chi connectivity index (χ3v) is 4.60. The van der Waals surface area contributed by atoms with Gasteiger partial charge >= 0.3 is 0 Å². The summed E-state index contributed by atoms with van der Waals surface area (Å²) < 4.78 is 0. The van der Waals surface area contributed by atoms with Crippen molar-refractivity contribution in [2.45, 2.75) is 25.7 Å². The highest BCUT2D eigenvalue weighted by molar-refractivity contribution is 5.40. The Hall–Kier alpha value is -0.860. The Labute approximate surface area is 110 Å². The van der Waals surface area contributed by atoms with Crippen LogP contribution in [0, 0.1) is 5.92 Å². The van der Waals surface area contributed by atoms with Gasteiger partial charge in [-0.2, -0.15) is 0 Å². The summed E-state index contributed by atoms with van der Waals surface area (Å²) in [6, 6.07) is 8.88. The fraction of sp³-hybridized carbons (Fsp3) is 0.625. The third kappa shape index (κ3) is 2.45. The van der Waals surface area contributed by atoms with Crippen LogP contribution in [-0.2, 0) is 6.42 Å². The van der Waals surface area contributed by atoms with Gasteiger partial charge in [0, 0.05) is 19.0 Å². The summed E-state index contributed by atoms with van der Waals surface area (Å²) >= 11 is 0. The largest absolute Gasteiger partial charge is 0.316 e. The number of benzene rings is 1. The summed E-state index contributed by atoms with van der Waals surface area (Å²) in [7, 11) is 0. The van der Waals surface area contributed by atoms with Crippen LogP contribution in [0.15, 0.2) is 24.3 Å². The molecular weight excluding hydrogens is 220 g/mol. The van der Waals surface area contributed by atoms with Crippen LogP contribution in [-0.4, -0.2) is 37.6 Å². The summed E-state index contributed by atoms with van der Waals surface area (Å²) in [4.78, 5) is 2.56. The summed E-state index contributed by atoms with van der Waals surface area (Å²) in [5, 5.41) is 3.69. The highest BCUT2D eigenvalue weighted by atomic mass is 15.1. The zero-order valence-corrected chi connectivity index (χ0v) is 11.4. The van der Waals surface area contributed by atoms with Gasteiger partial charge in [0.25, 0.3) is 0 Å². The summed E-state index contributed by atoms with van der Waals surface area (Å²) in [5.74, 6) is 1.64. The number of nitrogens with zero attached hydrogens (tertiary/aromatic N) is 1. The molecule has 0 spiro atoms. The van der Waals surface area contributed by atoms with Crippen LogP contribution in [0.1, 0.15) is 30.4 Å². The Morgan fingerprint density at radius 1 is 1.28 bits per heavy atom. The van der Waals surface area contributed by atoms with E-state index >= 15 is 0 Å². The normalized spacial score (nSPS) is 26.9. The lowest BCUT2D eigenvalue weighted by atomic mass is 9.77. The van der Waals surface area contributed by atoms with E-state index in [1.807, 2.05) is 0 Å². The minimum atomic E-state index is 0.768. The average molecular weight is 244 g/mol. The molecule has 1 N–H and O–H groups in total. The molecule has 18 heavy (non-hydrogen) atoms. The zero-order valence-electron chi connectivity index (χ0n) is 11.4. The first kappa shape index (κ1) is 12.2. The van der Waals surface area contributed by atoms with Crippen LogP contribution in [0.25, 0.3) is 0 Å². The van der Waals surface area contributed by atoms with Gasteiger partial charge < -0.3 is 10.2 Å². The van der Waals surface area contributed by atoms with Crippen molar-refractivity contribution in [2.75, 3.05) is 32.7 Å². The van der Waals surface area contributed by atoms with Crippen molar-refractivity contribution >= 4 is 0 Å². The molecule has 1 aromatic carbocycles. The molecule has 0 aromatic heterocycles. The minimum absolute atomic E-state index is 0.768. The Bertz CT molecular complexity index is 402. The van der Waals surface area contributed by atoms with E-state index < -0.39 is 0 Å². The minimum Gasteiger partial charge on any atom is -0.316 e. The van der Waals surface area contributed by atoms with E-state index in [1.54, 1.807) is 11.1 Å². The number of hydrogen-bond donors (Lipinski definition) is 1. The molecule has 2 atom stereocenters. The highest BCUT2D eigenvalue weighted by Gasteiger charge is 2.26. The second kappa shape index (κ2) is 5.41. The van der Waals surface area contributed by atoms with Gasteiger partial charge in [-0.1, -0.05) is 31.2 Å². The fourth-order valence-electron chi connectivity index (χ4n) is 3.37. The molecule has 1 fully saturated rings. The third-order valence-electron chi connectivity index (χ3n) is 4.60. The van der Waals surface area contributed by atoms with Crippen molar-refractivity contribution in [2.24, 2.45) is 5.92 Å². The molecule has 1 heterocycles. The number of nitrogens with one attached hydrogen (secondary N) is 1. The van der Waals surface area contributed by atoms with Gasteiger partial charge in [-0.15, -0.1) is 0 Å². The van der Waals surface area contributed by atoms with Gasteiger partial charge in [0.15, 0.2) is 0 Å². The topological polar surface area (TPSA) is 15.3 Å². The second-order valence-corrected chi connectivity index (χ2v) is 5.81. The molecule has 0 bridgehead atoms. The molecule has 3 rings (SSSR count). The SMILES string of the molecule is CCN1CCC(CNCC2Cc3ccccc32)C1. The lowest BCUT2D eigenvalue weighted by Crippen LogP contribution is -2.33. The van der Waals surface area contributed by atoms with Crippen molar-refractivity contribution in [3.05, 3.63) is 35.4 Å². The first-order valence-electron chi connectivity index (χ1n) is 7.37. The first-order valence-corrected chi connectivity index (χ1v) is 7.37. The van der Waals surface area contributed by atoms with Crippen LogP contribution in [0.4, 0.5) is 0 Å². The maximum atomic E-state index is 3.69. The molecule has 2 unspecified atom stereocenters. The number of hydrogen-bond acceptors (Lipinski definition) is 2. The molecule has 1 aliphatic carbocycles. The van der Waals surface area contributed by atoms with Crippen molar-refractivity contribution in [1.82, 2.24) is 10.2 Å². The fourth-order valence-corrected chi connectivity index (χ4v) is 3.37. The Balaban J connectivity index is 1.39. The lowest BCUT2D eigenvalue weighted by Gasteiger charge is -2.30. The first-order chi connectivity index (χ1) is 8.86. The molecule has 1 saturated heterocycles. The van der Waals surface area contributed by atoms with E-state index in [-0.39, 0.29) is 0 Å². The Kier molecular flexibility index (Phi) is 3.67. The van der Waals surface area contributed by atoms with E-state index in [0.717, 1.165) is 11.8 Å². The molecular formula is C16H24N2. The van der Waals surface area contributed by atoms with Gasteiger partial charge in [-0.05, 0) is 49.5 Å². The molecule has 1 aliphatic heterocycles. The van der Waals surface area contributed by atoms with Gasteiger partial charge in [-0.25, -0.2) is 0 Å². The second-order valence-electron chi connectivity index (χ2n) is 5.81. The predicted molar refractivity (Wildman–Crippen MR) is 76.0 cm³/mol. The molecule has 2 nitrogen and oxygen atoms in total. The predicted octanol–water partition coefficient (Wildman–Crippen LogP) is 2.26. The Morgan fingerprint density at radius 3 is 2.94 bits per heavy atom. The van der Waals surface area contributed by atoms with Crippen molar-refractivity contribution < 1.29 is 0 Å². The molecule has 0 amide bonds. The molecule has 2 heteroatoms. The number of likely N-dealkylation sites (tertiary alicyclic amines) is 1. The van der Waals surface area contributed by atoms with Crippen LogP contribution in [0.3, 0.4) is 0 Å². The summed E-state index contributed by atoms with van der Waals surface area (Å²) in [6.45, 7) is 8.45. The number of rotatable bonds is 5. The van der Waals surface area contributed by atoms with Gasteiger partial charge in [-0.3, -0.25) is 0 Å². The van der Waals surface area contributed by atoms with Gasteiger partial charge in [0.2, 0.25) is 0 Å². The summed E-state index contributed by atoms with van der Waals surface area (Å²) in [5.41, 5.74) is 3.13. The smallest absolute Gasteiger partial charge is 0.00235 e. The molecule has 0 saturated carbocycles. The van der Waals surface area contributed by atoms with Crippen molar-refractivity contribution in [3.63, 3.8) is 0 Å². The van der Waals surface area contributed by atoms with E-state index in [9.17, 15) is 0 Å². The van der Waals surface area contributed by atoms with Gasteiger partial charge in [0.05, 0.1) is 0 Å². The van der Waals surface area contributed by atoms with E-state index in [4.69, 9.17) is 0 Å². The van der Waals surface area contributed by atoms with Crippen LogP contribution in [0.5, 0.6) is 0 Å². The molecule has 1 aromatic rings. The lowest BCUT2D eigenvalue weighted by molar-refractivity contribution is 0.337. The van der Waals surface area contributed by atoms with E-state index in [0.29, 0.717) is 0 Å². The van der Waals surface area contributed by atoms with E-state index in [1.165, 1.54) is 45.6 Å². The highest BCUT2D eigenvalue weighted by Crippen LogP contribution is 2.34. The molecule has 98 valence electrons. The van der Waals surface area contributed by atoms with Crippen LogP contribution < -0.4 is 5.32 Å². The quantitative estimate of drug-likeness (QED) is 0.854.